The van der Waals surface area contributed by atoms with E-state index in [1.54, 1.807) is 11.3 Å². The van der Waals surface area contributed by atoms with Gasteiger partial charge in [0.05, 0.1) is 0 Å². The molecule has 4 heteroatoms. The molecule has 18 heavy (non-hydrogen) atoms. The molecule has 0 aliphatic carbocycles. The van der Waals surface area contributed by atoms with E-state index in [0.717, 1.165) is 16.8 Å². The van der Waals surface area contributed by atoms with Gasteiger partial charge in [0.25, 0.3) is 0 Å². The van der Waals surface area contributed by atoms with Crippen LogP contribution in [0.5, 0.6) is 5.75 Å². The third-order valence-corrected chi connectivity index (χ3v) is 4.53. The van der Waals surface area contributed by atoms with E-state index in [0.29, 0.717) is 6.61 Å². The van der Waals surface area contributed by atoms with Gasteiger partial charge in [0.15, 0.2) is 0 Å². The zero-order valence-corrected chi connectivity index (χ0v) is 12.9. The highest BCUT2D eigenvalue weighted by molar-refractivity contribution is 9.10. The Bertz CT molecular complexity index is 524. The molecule has 1 N–H and O–H groups in total. The summed E-state index contributed by atoms with van der Waals surface area (Å²) in [5.41, 5.74) is 1.19. The van der Waals surface area contributed by atoms with Crippen LogP contribution in [0.4, 0.5) is 0 Å². The van der Waals surface area contributed by atoms with Crippen LogP contribution in [0.1, 0.15) is 15.3 Å². The van der Waals surface area contributed by atoms with Crippen molar-refractivity contribution in [3.63, 3.8) is 0 Å². The summed E-state index contributed by atoms with van der Waals surface area (Å²) in [5, 5.41) is 3.15. The fraction of sp³-hybridized carbons (Fsp3) is 0.286. The van der Waals surface area contributed by atoms with Gasteiger partial charge in [-0.15, -0.1) is 11.3 Å². The van der Waals surface area contributed by atoms with Crippen molar-refractivity contribution in [1.29, 1.82) is 0 Å². The van der Waals surface area contributed by atoms with Crippen molar-refractivity contribution < 1.29 is 4.74 Å². The third kappa shape index (κ3) is 3.57. The Morgan fingerprint density at radius 1 is 1.22 bits per heavy atom. The molecule has 2 nitrogen and oxygen atoms in total. The molecular formula is C14H16BrNOS. The second-order valence-corrected chi connectivity index (χ2v) is 6.21. The second-order valence-electron chi connectivity index (χ2n) is 4.10. The standard InChI is InChI=1S/C14H16BrNOS/c1-10-7-11(3-6-14(10)15)17-9-13-5-4-12(18-13)8-16-2/h3-7,16H,8-9H2,1-2H3. The van der Waals surface area contributed by atoms with Crippen LogP contribution in [-0.2, 0) is 13.2 Å². The van der Waals surface area contributed by atoms with Gasteiger partial charge in [-0.25, -0.2) is 0 Å². The molecular weight excluding hydrogens is 310 g/mol. The third-order valence-electron chi connectivity index (χ3n) is 2.58. The maximum Gasteiger partial charge on any atom is 0.122 e. The Balaban J connectivity index is 1.95. The Labute approximate surface area is 120 Å². The molecule has 96 valence electrons. The molecule has 0 saturated heterocycles. The molecule has 0 amide bonds. The summed E-state index contributed by atoms with van der Waals surface area (Å²) in [6.07, 6.45) is 0. The average molecular weight is 326 g/mol. The number of thiophene rings is 1. The monoisotopic (exact) mass is 325 g/mol. The zero-order valence-electron chi connectivity index (χ0n) is 10.5. The van der Waals surface area contributed by atoms with Crippen molar-refractivity contribution in [2.24, 2.45) is 0 Å². The lowest BCUT2D eigenvalue weighted by molar-refractivity contribution is 0.309. The van der Waals surface area contributed by atoms with Gasteiger partial charge in [0.1, 0.15) is 12.4 Å². The lowest BCUT2D eigenvalue weighted by atomic mass is 10.2. The Morgan fingerprint density at radius 2 is 2.00 bits per heavy atom. The molecule has 1 heterocycles. The van der Waals surface area contributed by atoms with Crippen LogP contribution in [0.3, 0.4) is 0 Å². The molecule has 1 aromatic heterocycles. The minimum absolute atomic E-state index is 0.634. The number of aryl methyl sites for hydroxylation is 1. The molecule has 2 rings (SSSR count). The number of halogens is 1. The molecule has 1 aromatic carbocycles. The van der Waals surface area contributed by atoms with Crippen molar-refractivity contribution in [2.45, 2.75) is 20.1 Å². The summed E-state index contributed by atoms with van der Waals surface area (Å²) >= 11 is 5.27. The molecule has 0 spiro atoms. The van der Waals surface area contributed by atoms with Crippen LogP contribution in [0.15, 0.2) is 34.8 Å². The highest BCUT2D eigenvalue weighted by Gasteiger charge is 2.02. The zero-order chi connectivity index (χ0) is 13.0. The normalized spacial score (nSPS) is 10.6. The minimum Gasteiger partial charge on any atom is -0.488 e. The first-order valence-electron chi connectivity index (χ1n) is 5.80. The second kappa shape index (κ2) is 6.36. The average Bonchev–Trinajstić information content (AvgIpc) is 2.79. The van der Waals surface area contributed by atoms with E-state index in [1.165, 1.54) is 15.3 Å². The first-order chi connectivity index (χ1) is 8.69. The predicted molar refractivity (Wildman–Crippen MR) is 80.3 cm³/mol. The fourth-order valence-electron chi connectivity index (χ4n) is 1.63. The molecule has 0 saturated carbocycles. The number of rotatable bonds is 5. The Morgan fingerprint density at radius 3 is 2.72 bits per heavy atom. The highest BCUT2D eigenvalue weighted by Crippen LogP contribution is 2.23. The topological polar surface area (TPSA) is 21.3 Å². The number of hydrogen-bond acceptors (Lipinski definition) is 3. The van der Waals surface area contributed by atoms with Gasteiger partial charge >= 0.3 is 0 Å². The van der Waals surface area contributed by atoms with Crippen LogP contribution in [0, 0.1) is 6.92 Å². The van der Waals surface area contributed by atoms with E-state index in [-0.39, 0.29) is 0 Å². The van der Waals surface area contributed by atoms with E-state index >= 15 is 0 Å². The van der Waals surface area contributed by atoms with Gasteiger partial charge < -0.3 is 10.1 Å². The maximum absolute atomic E-state index is 5.79. The molecule has 0 fully saturated rings. The van der Waals surface area contributed by atoms with E-state index in [4.69, 9.17) is 4.74 Å². The van der Waals surface area contributed by atoms with Gasteiger partial charge in [-0.05, 0) is 49.9 Å². The predicted octanol–water partition coefficient (Wildman–Crippen LogP) is 4.12. The fourth-order valence-corrected chi connectivity index (χ4v) is 2.82. The Hall–Kier alpha value is -0.840. The van der Waals surface area contributed by atoms with Crippen molar-refractivity contribution in [2.75, 3.05) is 7.05 Å². The lowest BCUT2D eigenvalue weighted by Gasteiger charge is -2.06. The molecule has 2 aromatic rings. The van der Waals surface area contributed by atoms with Gasteiger partial charge in [-0.2, -0.15) is 0 Å². The number of hydrogen-bond donors (Lipinski definition) is 1. The smallest absolute Gasteiger partial charge is 0.122 e. The quantitative estimate of drug-likeness (QED) is 0.892. The van der Waals surface area contributed by atoms with Crippen LogP contribution >= 0.6 is 27.3 Å². The first kappa shape index (κ1) is 13.6. The van der Waals surface area contributed by atoms with Crippen molar-refractivity contribution in [1.82, 2.24) is 5.32 Å². The maximum atomic E-state index is 5.79. The molecule has 0 aliphatic rings. The molecule has 0 aliphatic heterocycles. The van der Waals surface area contributed by atoms with E-state index < -0.39 is 0 Å². The minimum atomic E-state index is 0.634. The summed E-state index contributed by atoms with van der Waals surface area (Å²) < 4.78 is 6.90. The first-order valence-corrected chi connectivity index (χ1v) is 7.41. The van der Waals surface area contributed by atoms with E-state index in [1.807, 2.05) is 25.2 Å². The summed E-state index contributed by atoms with van der Waals surface area (Å²) in [4.78, 5) is 2.59. The number of benzene rings is 1. The van der Waals surface area contributed by atoms with Gasteiger partial charge in [0, 0.05) is 20.8 Å². The molecule has 0 bridgehead atoms. The summed E-state index contributed by atoms with van der Waals surface area (Å²) in [6, 6.07) is 10.3. The molecule has 0 atom stereocenters. The number of ether oxygens (including phenoxy) is 1. The van der Waals surface area contributed by atoms with E-state index in [2.05, 4.69) is 40.3 Å². The lowest BCUT2D eigenvalue weighted by Crippen LogP contribution is -2.02. The van der Waals surface area contributed by atoms with Crippen LogP contribution < -0.4 is 10.1 Å². The van der Waals surface area contributed by atoms with Crippen molar-refractivity contribution in [3.8, 4) is 5.75 Å². The molecule has 0 unspecified atom stereocenters. The van der Waals surface area contributed by atoms with Gasteiger partial charge in [0.2, 0.25) is 0 Å². The van der Waals surface area contributed by atoms with Crippen LogP contribution in [0.2, 0.25) is 0 Å². The van der Waals surface area contributed by atoms with Crippen molar-refractivity contribution in [3.05, 3.63) is 50.1 Å². The highest BCUT2D eigenvalue weighted by atomic mass is 79.9. The van der Waals surface area contributed by atoms with Gasteiger partial charge in [-0.3, -0.25) is 0 Å². The number of nitrogens with one attached hydrogen (secondary N) is 1. The van der Waals surface area contributed by atoms with E-state index in [9.17, 15) is 0 Å². The summed E-state index contributed by atoms with van der Waals surface area (Å²) in [5.74, 6) is 0.916. The van der Waals surface area contributed by atoms with Crippen LogP contribution in [0.25, 0.3) is 0 Å². The molecule has 0 radical (unpaired) electrons. The summed E-state index contributed by atoms with van der Waals surface area (Å²) in [6.45, 7) is 3.62. The van der Waals surface area contributed by atoms with Gasteiger partial charge in [-0.1, -0.05) is 15.9 Å². The SMILES string of the molecule is CNCc1ccc(COc2ccc(Br)c(C)c2)s1. The van der Waals surface area contributed by atoms with Crippen LogP contribution in [-0.4, -0.2) is 7.05 Å². The Kier molecular flexibility index (Phi) is 4.80. The van der Waals surface area contributed by atoms with Crippen molar-refractivity contribution >= 4 is 27.3 Å². The largest absolute Gasteiger partial charge is 0.488 e. The summed E-state index contributed by atoms with van der Waals surface area (Å²) in [7, 11) is 1.96.